The van der Waals surface area contributed by atoms with Gasteiger partial charge in [-0.1, -0.05) is 0 Å². The van der Waals surface area contributed by atoms with Crippen LogP contribution in [0.15, 0.2) is 42.5 Å². The molecule has 8 heteroatoms. The van der Waals surface area contributed by atoms with Crippen molar-refractivity contribution in [2.75, 3.05) is 12.4 Å². The first-order valence-electron chi connectivity index (χ1n) is 7.88. The number of rotatable bonds is 4. The number of benzene rings is 2. The maximum atomic E-state index is 12.5. The number of hydrogen-bond acceptors (Lipinski definition) is 6. The van der Waals surface area contributed by atoms with Gasteiger partial charge in [0.15, 0.2) is 5.13 Å². The highest BCUT2D eigenvalue weighted by Gasteiger charge is 2.14. The third-order valence-corrected chi connectivity index (χ3v) is 4.85. The second-order valence-electron chi connectivity index (χ2n) is 5.63. The number of H-pyrrole nitrogens is 1. The Hall–Kier alpha value is -3.26. The van der Waals surface area contributed by atoms with Gasteiger partial charge in [-0.3, -0.25) is 10.1 Å². The fraction of sp³-hybridized carbons (Fsp3) is 0.111. The van der Waals surface area contributed by atoms with Crippen LogP contribution in [0, 0.1) is 6.92 Å². The number of fused-ring (bicyclic) bond motifs is 1. The molecule has 0 aliphatic rings. The highest BCUT2D eigenvalue weighted by atomic mass is 32.1. The van der Waals surface area contributed by atoms with Crippen molar-refractivity contribution in [3.63, 3.8) is 0 Å². The van der Waals surface area contributed by atoms with Crippen molar-refractivity contribution < 1.29 is 9.53 Å². The average molecular weight is 365 g/mol. The molecule has 2 heterocycles. The number of nitrogens with zero attached hydrogens (tertiary/aromatic N) is 3. The summed E-state index contributed by atoms with van der Waals surface area (Å²) in [4.78, 5) is 18.1. The molecular formula is C18H15N5O2S. The summed E-state index contributed by atoms with van der Waals surface area (Å²) in [5.74, 6) is 0.559. The molecule has 0 aliphatic carbocycles. The molecule has 2 N–H and O–H groups in total. The van der Waals surface area contributed by atoms with Gasteiger partial charge in [-0.15, -0.1) is 11.3 Å². The van der Waals surface area contributed by atoms with Gasteiger partial charge in [0, 0.05) is 16.0 Å². The Balaban J connectivity index is 1.57. The van der Waals surface area contributed by atoms with Crippen LogP contribution in [0.4, 0.5) is 5.13 Å². The van der Waals surface area contributed by atoms with E-state index >= 15 is 0 Å². The monoisotopic (exact) mass is 365 g/mol. The zero-order chi connectivity index (χ0) is 18.1. The van der Waals surface area contributed by atoms with Gasteiger partial charge in [0.05, 0.1) is 12.8 Å². The average Bonchev–Trinajstić information content (AvgIpc) is 3.27. The van der Waals surface area contributed by atoms with Crippen LogP contribution in [0.1, 0.15) is 15.2 Å². The van der Waals surface area contributed by atoms with Crippen molar-refractivity contribution in [3.05, 3.63) is 52.9 Å². The van der Waals surface area contributed by atoms with Crippen molar-refractivity contribution in [1.29, 1.82) is 0 Å². The molecule has 0 unspecified atom stereocenters. The van der Waals surface area contributed by atoms with Gasteiger partial charge in [0.25, 0.3) is 5.91 Å². The molecule has 0 radical (unpaired) electrons. The zero-order valence-corrected chi connectivity index (χ0v) is 14.9. The number of thiazole rings is 1. The Morgan fingerprint density at radius 1 is 1.12 bits per heavy atom. The Morgan fingerprint density at radius 2 is 1.88 bits per heavy atom. The van der Waals surface area contributed by atoms with Crippen LogP contribution < -0.4 is 10.1 Å². The van der Waals surface area contributed by atoms with E-state index in [0.717, 1.165) is 21.9 Å². The summed E-state index contributed by atoms with van der Waals surface area (Å²) in [6.45, 7) is 1.98. The minimum absolute atomic E-state index is 0.232. The molecule has 0 bridgehead atoms. The number of nitrogens with one attached hydrogen (secondary N) is 2. The number of anilines is 1. The fourth-order valence-electron chi connectivity index (χ4n) is 2.62. The van der Waals surface area contributed by atoms with Crippen LogP contribution in [-0.4, -0.2) is 33.4 Å². The molecule has 4 aromatic rings. The van der Waals surface area contributed by atoms with Gasteiger partial charge in [-0.25, -0.2) is 4.98 Å². The number of aromatic amines is 1. The van der Waals surface area contributed by atoms with E-state index in [1.807, 2.05) is 31.2 Å². The molecule has 26 heavy (non-hydrogen) atoms. The van der Waals surface area contributed by atoms with Crippen LogP contribution in [0.5, 0.6) is 5.75 Å². The summed E-state index contributed by atoms with van der Waals surface area (Å²) in [5.41, 5.74) is 3.69. The minimum atomic E-state index is -0.232. The number of carbonyl (C=O) groups is 1. The smallest absolute Gasteiger partial charge is 0.257 e. The summed E-state index contributed by atoms with van der Waals surface area (Å²) >= 11 is 1.44. The predicted octanol–water partition coefficient (Wildman–Crippen LogP) is 3.65. The molecule has 1 amide bonds. The summed E-state index contributed by atoms with van der Waals surface area (Å²) in [6, 6.07) is 12.8. The van der Waals surface area contributed by atoms with Crippen molar-refractivity contribution in [2.45, 2.75) is 6.92 Å². The topological polar surface area (TPSA) is 92.8 Å². The molecule has 0 aliphatic heterocycles. The maximum absolute atomic E-state index is 12.5. The highest BCUT2D eigenvalue weighted by Crippen LogP contribution is 2.31. The number of aryl methyl sites for hydroxylation is 1. The summed E-state index contributed by atoms with van der Waals surface area (Å²) in [6.07, 6.45) is 0. The first-order valence-corrected chi connectivity index (χ1v) is 8.69. The Morgan fingerprint density at radius 3 is 2.65 bits per heavy atom. The Kier molecular flexibility index (Phi) is 4.10. The van der Waals surface area contributed by atoms with E-state index in [-0.39, 0.29) is 5.91 Å². The van der Waals surface area contributed by atoms with E-state index in [2.05, 4.69) is 25.7 Å². The number of methoxy groups -OCH3 is 1. The van der Waals surface area contributed by atoms with Crippen molar-refractivity contribution in [2.24, 2.45) is 0 Å². The van der Waals surface area contributed by atoms with Gasteiger partial charge < -0.3 is 4.74 Å². The molecule has 0 atom stereocenters. The van der Waals surface area contributed by atoms with E-state index in [1.54, 1.807) is 25.3 Å². The predicted molar refractivity (Wildman–Crippen MR) is 101 cm³/mol. The van der Waals surface area contributed by atoms with Crippen LogP contribution in [-0.2, 0) is 0 Å². The lowest BCUT2D eigenvalue weighted by molar-refractivity contribution is 0.102. The second kappa shape index (κ2) is 6.57. The molecule has 0 saturated carbocycles. The van der Waals surface area contributed by atoms with E-state index in [4.69, 9.17) is 4.74 Å². The molecule has 2 aromatic heterocycles. The third-order valence-electron chi connectivity index (χ3n) is 3.96. The standard InChI is InChI=1S/C18H15N5O2S/c1-10-16(11-3-6-13(25-2)7-4-11)19-18(26-10)20-17(24)12-5-8-14-15(9-12)22-23-21-14/h3-9H,1-2H3,(H,19,20,24)(H,21,22,23). The molecule has 0 spiro atoms. The molecule has 0 saturated heterocycles. The summed E-state index contributed by atoms with van der Waals surface area (Å²) in [5, 5.41) is 13.9. The molecule has 130 valence electrons. The van der Waals surface area contributed by atoms with E-state index in [1.165, 1.54) is 11.3 Å². The van der Waals surface area contributed by atoms with Crippen molar-refractivity contribution in [3.8, 4) is 17.0 Å². The van der Waals surface area contributed by atoms with Gasteiger partial charge >= 0.3 is 0 Å². The number of hydrogen-bond donors (Lipinski definition) is 2. The number of amides is 1. The molecule has 0 fully saturated rings. The third kappa shape index (κ3) is 3.02. The van der Waals surface area contributed by atoms with E-state index < -0.39 is 0 Å². The summed E-state index contributed by atoms with van der Waals surface area (Å²) < 4.78 is 5.18. The summed E-state index contributed by atoms with van der Waals surface area (Å²) in [7, 11) is 1.63. The first kappa shape index (κ1) is 16.2. The van der Waals surface area contributed by atoms with Gasteiger partial charge in [-0.05, 0) is 49.4 Å². The molecule has 4 rings (SSSR count). The quantitative estimate of drug-likeness (QED) is 0.576. The number of carbonyl (C=O) groups excluding carboxylic acids is 1. The minimum Gasteiger partial charge on any atom is -0.497 e. The normalized spacial score (nSPS) is 10.8. The zero-order valence-electron chi connectivity index (χ0n) is 14.1. The first-order chi connectivity index (χ1) is 12.6. The SMILES string of the molecule is COc1ccc(-c2nc(NC(=O)c3ccc4n[nH]nc4c3)sc2C)cc1. The lowest BCUT2D eigenvalue weighted by atomic mass is 10.1. The van der Waals surface area contributed by atoms with Crippen LogP contribution in [0.2, 0.25) is 0 Å². The Bertz CT molecular complexity index is 1080. The molecular weight excluding hydrogens is 350 g/mol. The van der Waals surface area contributed by atoms with Crippen LogP contribution in [0.25, 0.3) is 22.3 Å². The van der Waals surface area contributed by atoms with E-state index in [9.17, 15) is 4.79 Å². The lowest BCUT2D eigenvalue weighted by Gasteiger charge is -2.02. The lowest BCUT2D eigenvalue weighted by Crippen LogP contribution is -2.11. The van der Waals surface area contributed by atoms with E-state index in [0.29, 0.717) is 21.7 Å². The maximum Gasteiger partial charge on any atom is 0.257 e. The highest BCUT2D eigenvalue weighted by molar-refractivity contribution is 7.16. The van der Waals surface area contributed by atoms with Crippen LogP contribution in [0.3, 0.4) is 0 Å². The van der Waals surface area contributed by atoms with Gasteiger partial charge in [0.1, 0.15) is 16.8 Å². The molecule has 7 nitrogen and oxygen atoms in total. The fourth-order valence-corrected chi connectivity index (χ4v) is 3.45. The van der Waals surface area contributed by atoms with Crippen molar-refractivity contribution >= 4 is 33.4 Å². The van der Waals surface area contributed by atoms with Gasteiger partial charge in [-0.2, -0.15) is 15.4 Å². The second-order valence-corrected chi connectivity index (χ2v) is 6.84. The van der Waals surface area contributed by atoms with Crippen LogP contribution >= 0.6 is 11.3 Å². The number of aromatic nitrogens is 4. The Labute approximate surface area is 153 Å². The van der Waals surface area contributed by atoms with Crippen molar-refractivity contribution in [1.82, 2.24) is 20.4 Å². The molecule has 2 aromatic carbocycles. The largest absolute Gasteiger partial charge is 0.497 e. The number of ether oxygens (including phenoxy) is 1. The van der Waals surface area contributed by atoms with Gasteiger partial charge in [0.2, 0.25) is 0 Å².